The van der Waals surface area contributed by atoms with Crippen LogP contribution in [-0.2, 0) is 0 Å². The minimum Gasteiger partial charge on any atom is -0.325 e. The van der Waals surface area contributed by atoms with Crippen molar-refractivity contribution in [2.45, 2.75) is 51.0 Å². The van der Waals surface area contributed by atoms with Crippen LogP contribution in [0.2, 0.25) is 0 Å². The lowest BCUT2D eigenvalue weighted by Gasteiger charge is -2.40. The van der Waals surface area contributed by atoms with Gasteiger partial charge in [0.2, 0.25) is 0 Å². The van der Waals surface area contributed by atoms with Gasteiger partial charge in [0.1, 0.15) is 0 Å². The van der Waals surface area contributed by atoms with Crippen LogP contribution >= 0.6 is 0 Å². The highest BCUT2D eigenvalue weighted by Gasteiger charge is 2.42. The molecule has 0 aliphatic heterocycles. The van der Waals surface area contributed by atoms with Crippen molar-refractivity contribution in [1.29, 1.82) is 0 Å². The number of rotatable bonds is 1. The quantitative estimate of drug-likeness (QED) is 0.614. The maximum absolute atomic E-state index is 6.35. The Balaban J connectivity index is 1.98. The van der Waals surface area contributed by atoms with Crippen LogP contribution in [0.3, 0.4) is 0 Å². The van der Waals surface area contributed by atoms with E-state index in [0.29, 0.717) is 0 Å². The molecule has 64 valence electrons. The van der Waals surface area contributed by atoms with Crippen molar-refractivity contribution in [2.24, 2.45) is 17.6 Å². The molecule has 0 aromatic carbocycles. The van der Waals surface area contributed by atoms with Gasteiger partial charge in [-0.2, -0.15) is 0 Å². The Labute approximate surface area is 69.4 Å². The molecule has 0 saturated heterocycles. The molecule has 11 heavy (non-hydrogen) atoms. The first-order chi connectivity index (χ1) is 5.21. The first-order valence-electron chi connectivity index (χ1n) is 4.99. The second kappa shape index (κ2) is 2.48. The van der Waals surface area contributed by atoms with Gasteiger partial charge in [-0.15, -0.1) is 0 Å². The van der Waals surface area contributed by atoms with E-state index in [1.54, 1.807) is 0 Å². The van der Waals surface area contributed by atoms with Crippen molar-refractivity contribution < 1.29 is 0 Å². The Morgan fingerprint density at radius 2 is 2.00 bits per heavy atom. The van der Waals surface area contributed by atoms with E-state index in [0.717, 1.165) is 11.8 Å². The maximum Gasteiger partial charge on any atom is 0.0185 e. The average molecular weight is 153 g/mol. The molecule has 0 radical (unpaired) electrons. The summed E-state index contributed by atoms with van der Waals surface area (Å²) in [6.07, 6.45) is 8.19. The predicted octanol–water partition coefficient (Wildman–Crippen LogP) is 2.30. The Morgan fingerprint density at radius 3 is 2.36 bits per heavy atom. The number of hydrogen-bond donors (Lipinski definition) is 1. The van der Waals surface area contributed by atoms with Crippen LogP contribution in [0.1, 0.15) is 45.4 Å². The average Bonchev–Trinajstić information content (AvgIpc) is 2.06. The van der Waals surface area contributed by atoms with E-state index in [4.69, 9.17) is 5.73 Å². The van der Waals surface area contributed by atoms with E-state index < -0.39 is 0 Å². The molecule has 0 heterocycles. The monoisotopic (exact) mass is 153 g/mol. The largest absolute Gasteiger partial charge is 0.325 e. The van der Waals surface area contributed by atoms with Crippen molar-refractivity contribution in [1.82, 2.24) is 0 Å². The lowest BCUT2D eigenvalue weighted by molar-refractivity contribution is 0.167. The Bertz CT molecular complexity index is 151. The van der Waals surface area contributed by atoms with Gasteiger partial charge in [0.15, 0.2) is 0 Å². The molecule has 0 amide bonds. The van der Waals surface area contributed by atoms with Gasteiger partial charge in [0.25, 0.3) is 0 Å². The molecule has 2 unspecified atom stereocenters. The number of hydrogen-bond acceptors (Lipinski definition) is 1. The number of nitrogens with two attached hydrogens (primary N) is 1. The fourth-order valence-electron chi connectivity index (χ4n) is 2.72. The molecule has 0 bridgehead atoms. The second-order valence-corrected chi connectivity index (χ2v) is 4.71. The predicted molar refractivity (Wildman–Crippen MR) is 47.3 cm³/mol. The van der Waals surface area contributed by atoms with E-state index >= 15 is 0 Å². The molecule has 1 nitrogen and oxygen atoms in total. The van der Waals surface area contributed by atoms with Gasteiger partial charge in [-0.3, -0.25) is 0 Å². The summed E-state index contributed by atoms with van der Waals surface area (Å²) < 4.78 is 0. The van der Waals surface area contributed by atoms with Crippen LogP contribution in [0.5, 0.6) is 0 Å². The molecule has 0 spiro atoms. The van der Waals surface area contributed by atoms with Gasteiger partial charge >= 0.3 is 0 Å². The SMILES string of the molecule is CC1CCC(N)(C2CCC2)C1. The lowest BCUT2D eigenvalue weighted by Crippen LogP contribution is -2.47. The summed E-state index contributed by atoms with van der Waals surface area (Å²) in [6.45, 7) is 2.34. The summed E-state index contributed by atoms with van der Waals surface area (Å²) >= 11 is 0. The fraction of sp³-hybridized carbons (Fsp3) is 1.00. The van der Waals surface area contributed by atoms with Crippen molar-refractivity contribution in [3.63, 3.8) is 0 Å². The van der Waals surface area contributed by atoms with Crippen LogP contribution in [0.25, 0.3) is 0 Å². The first-order valence-corrected chi connectivity index (χ1v) is 4.99. The lowest BCUT2D eigenvalue weighted by atomic mass is 9.70. The van der Waals surface area contributed by atoms with Gasteiger partial charge in [-0.05, 0) is 43.9 Å². The van der Waals surface area contributed by atoms with Crippen LogP contribution in [0, 0.1) is 11.8 Å². The molecule has 2 saturated carbocycles. The van der Waals surface area contributed by atoms with Gasteiger partial charge in [0.05, 0.1) is 0 Å². The van der Waals surface area contributed by atoms with Crippen molar-refractivity contribution in [3.05, 3.63) is 0 Å². The Hall–Kier alpha value is -0.0400. The molecule has 2 aliphatic rings. The molecule has 1 heteroatoms. The van der Waals surface area contributed by atoms with Crippen molar-refractivity contribution >= 4 is 0 Å². The third-order valence-corrected chi connectivity index (χ3v) is 3.75. The summed E-state index contributed by atoms with van der Waals surface area (Å²) in [4.78, 5) is 0. The Kier molecular flexibility index (Phi) is 1.71. The zero-order valence-electron chi connectivity index (χ0n) is 7.47. The summed E-state index contributed by atoms with van der Waals surface area (Å²) in [5, 5.41) is 0. The van der Waals surface area contributed by atoms with E-state index in [1.807, 2.05) is 0 Å². The molecule has 2 atom stereocenters. The molecule has 0 aromatic heterocycles. The normalized spacial score (nSPS) is 45.8. The zero-order valence-corrected chi connectivity index (χ0v) is 7.47. The molecule has 0 aromatic rings. The zero-order chi connectivity index (χ0) is 7.90. The van der Waals surface area contributed by atoms with Gasteiger partial charge in [-0.1, -0.05) is 13.3 Å². The van der Waals surface area contributed by atoms with E-state index in [2.05, 4.69) is 6.92 Å². The van der Waals surface area contributed by atoms with Crippen LogP contribution in [0.4, 0.5) is 0 Å². The minimum absolute atomic E-state index is 0.262. The topological polar surface area (TPSA) is 26.0 Å². The van der Waals surface area contributed by atoms with Gasteiger partial charge < -0.3 is 5.73 Å². The summed E-state index contributed by atoms with van der Waals surface area (Å²) in [7, 11) is 0. The summed E-state index contributed by atoms with van der Waals surface area (Å²) in [6, 6.07) is 0. The first kappa shape index (κ1) is 7.60. The van der Waals surface area contributed by atoms with Crippen molar-refractivity contribution in [3.8, 4) is 0 Å². The summed E-state index contributed by atoms with van der Waals surface area (Å²) in [5.74, 6) is 1.77. The molecular weight excluding hydrogens is 134 g/mol. The standard InChI is InChI=1S/C10H19N/c1-8-5-6-10(11,7-8)9-3-2-4-9/h8-9H,2-7,11H2,1H3. The highest BCUT2D eigenvalue weighted by Crippen LogP contribution is 2.45. The minimum atomic E-state index is 0.262. The highest BCUT2D eigenvalue weighted by molar-refractivity contribution is 5.00. The van der Waals surface area contributed by atoms with Crippen LogP contribution in [0.15, 0.2) is 0 Å². The maximum atomic E-state index is 6.35. The van der Waals surface area contributed by atoms with E-state index in [-0.39, 0.29) is 5.54 Å². The fourth-order valence-corrected chi connectivity index (χ4v) is 2.72. The van der Waals surface area contributed by atoms with E-state index in [1.165, 1.54) is 38.5 Å². The van der Waals surface area contributed by atoms with Crippen molar-refractivity contribution in [2.75, 3.05) is 0 Å². The Morgan fingerprint density at radius 1 is 1.27 bits per heavy atom. The van der Waals surface area contributed by atoms with Crippen LogP contribution < -0.4 is 5.73 Å². The third kappa shape index (κ3) is 1.20. The second-order valence-electron chi connectivity index (χ2n) is 4.71. The third-order valence-electron chi connectivity index (χ3n) is 3.75. The molecule has 2 N–H and O–H groups in total. The molecule has 2 fully saturated rings. The van der Waals surface area contributed by atoms with Gasteiger partial charge in [0, 0.05) is 5.54 Å². The van der Waals surface area contributed by atoms with E-state index in [9.17, 15) is 0 Å². The molecule has 2 aliphatic carbocycles. The highest BCUT2D eigenvalue weighted by atomic mass is 14.8. The smallest absolute Gasteiger partial charge is 0.0185 e. The summed E-state index contributed by atoms with van der Waals surface area (Å²) in [5.41, 5.74) is 6.62. The van der Waals surface area contributed by atoms with Crippen LogP contribution in [-0.4, -0.2) is 5.54 Å². The molecule has 2 rings (SSSR count). The van der Waals surface area contributed by atoms with Gasteiger partial charge in [-0.25, -0.2) is 0 Å². The molecular formula is C10H19N.